The first kappa shape index (κ1) is 23.4. The van der Waals surface area contributed by atoms with E-state index in [2.05, 4.69) is 10.3 Å². The third-order valence-corrected chi connectivity index (χ3v) is 4.72. The van der Waals surface area contributed by atoms with E-state index in [0.717, 1.165) is 11.6 Å². The average molecular weight is 447 g/mol. The number of ether oxygens (including phenoxy) is 2. The molecule has 0 fully saturated rings. The van der Waals surface area contributed by atoms with Crippen molar-refractivity contribution in [1.82, 2.24) is 4.98 Å². The van der Waals surface area contributed by atoms with E-state index in [1.165, 1.54) is 12.1 Å². The van der Waals surface area contributed by atoms with Gasteiger partial charge in [-0.1, -0.05) is 30.3 Å². The molecule has 1 N–H and O–H groups in total. The van der Waals surface area contributed by atoms with Gasteiger partial charge in [0.15, 0.2) is 6.61 Å². The van der Waals surface area contributed by atoms with E-state index in [9.17, 15) is 19.2 Å². The lowest BCUT2D eigenvalue weighted by atomic mass is 10.1. The number of Topliss-reactive ketones (excluding diaryl/α,β-unsaturated/α-hetero) is 1. The highest BCUT2D eigenvalue weighted by atomic mass is 19.1. The van der Waals surface area contributed by atoms with Crippen LogP contribution in [0.2, 0.25) is 0 Å². The van der Waals surface area contributed by atoms with Gasteiger partial charge in [0.25, 0.3) is 0 Å². The predicted molar refractivity (Wildman–Crippen MR) is 120 cm³/mol. The van der Waals surface area contributed by atoms with E-state index in [1.54, 1.807) is 19.9 Å². The van der Waals surface area contributed by atoms with E-state index in [-0.39, 0.29) is 35.8 Å². The zero-order valence-electron chi connectivity index (χ0n) is 18.2. The molecule has 0 saturated heterocycles. The van der Waals surface area contributed by atoms with E-state index < -0.39 is 24.2 Å². The smallest absolute Gasteiger partial charge is 0.325 e. The Balaban J connectivity index is 1.82. The molecule has 0 spiro atoms. The van der Waals surface area contributed by atoms with Gasteiger partial charge in [-0.25, -0.2) is 9.37 Å². The average Bonchev–Trinajstić information content (AvgIpc) is 2.82. The molecule has 1 heterocycles. The molecule has 0 saturated carbocycles. The third-order valence-electron chi connectivity index (χ3n) is 4.72. The second kappa shape index (κ2) is 10.9. The maximum atomic E-state index is 13.8. The molecule has 3 rings (SSSR count). The van der Waals surface area contributed by atoms with Gasteiger partial charge in [0.2, 0.25) is 11.7 Å². The standard InChI is InChI=1S/C25H22FN3O4/c1-3-32-24(31)14-28-21-10-9-18(26)12-19(21)23(30)15-33-25-20(13-27)16(2)11-22(29-25)17-7-5-4-6-8-17/h4-12,28H,3,14-15H2,1-2H3. The highest BCUT2D eigenvalue weighted by molar-refractivity contribution is 6.02. The molecule has 7 nitrogen and oxygen atoms in total. The zero-order chi connectivity index (χ0) is 23.8. The molecular formula is C25H22FN3O4. The normalized spacial score (nSPS) is 10.2. The number of carbonyl (C=O) groups is 2. The number of nitriles is 1. The van der Waals surface area contributed by atoms with Crippen molar-refractivity contribution in [1.29, 1.82) is 5.26 Å². The van der Waals surface area contributed by atoms with E-state index in [4.69, 9.17) is 9.47 Å². The number of nitrogens with zero attached hydrogens (tertiary/aromatic N) is 2. The van der Waals surface area contributed by atoms with Crippen molar-refractivity contribution in [3.8, 4) is 23.2 Å². The van der Waals surface area contributed by atoms with Crippen molar-refractivity contribution in [2.24, 2.45) is 0 Å². The number of benzene rings is 2. The number of aromatic nitrogens is 1. The molecule has 8 heteroatoms. The number of nitrogens with one attached hydrogen (secondary N) is 1. The summed E-state index contributed by atoms with van der Waals surface area (Å²) in [6.07, 6.45) is 0. The fourth-order valence-corrected chi connectivity index (χ4v) is 3.13. The van der Waals surface area contributed by atoms with Gasteiger partial charge in [0, 0.05) is 16.8 Å². The quantitative estimate of drug-likeness (QED) is 0.385. The summed E-state index contributed by atoms with van der Waals surface area (Å²) < 4.78 is 24.3. The number of halogens is 1. The Labute approximate surface area is 190 Å². The van der Waals surface area contributed by atoms with Crippen molar-refractivity contribution in [2.75, 3.05) is 25.1 Å². The van der Waals surface area contributed by atoms with Crippen molar-refractivity contribution in [3.63, 3.8) is 0 Å². The van der Waals surface area contributed by atoms with Crippen molar-refractivity contribution < 1.29 is 23.5 Å². The van der Waals surface area contributed by atoms with Crippen LogP contribution < -0.4 is 10.1 Å². The van der Waals surface area contributed by atoms with Crippen molar-refractivity contribution in [2.45, 2.75) is 13.8 Å². The van der Waals surface area contributed by atoms with E-state index >= 15 is 0 Å². The summed E-state index contributed by atoms with van der Waals surface area (Å²) in [5.74, 6) is -1.65. The molecule has 0 aliphatic rings. The second-order valence-electron chi connectivity index (χ2n) is 7.04. The lowest BCUT2D eigenvalue weighted by Crippen LogP contribution is -2.20. The van der Waals surface area contributed by atoms with Gasteiger partial charge in [-0.2, -0.15) is 5.26 Å². The topological polar surface area (TPSA) is 101 Å². The van der Waals surface area contributed by atoms with Gasteiger partial charge in [-0.05, 0) is 43.7 Å². The maximum Gasteiger partial charge on any atom is 0.325 e. The molecule has 33 heavy (non-hydrogen) atoms. The van der Waals surface area contributed by atoms with Crippen molar-refractivity contribution >= 4 is 17.4 Å². The first-order valence-corrected chi connectivity index (χ1v) is 10.2. The summed E-state index contributed by atoms with van der Waals surface area (Å²) in [7, 11) is 0. The number of pyridine rings is 1. The highest BCUT2D eigenvalue weighted by Gasteiger charge is 2.18. The van der Waals surface area contributed by atoms with Crippen LogP contribution in [0.5, 0.6) is 5.88 Å². The largest absolute Gasteiger partial charge is 0.468 e. The molecule has 0 unspecified atom stereocenters. The number of aryl methyl sites for hydroxylation is 1. The molecule has 0 aliphatic carbocycles. The van der Waals surface area contributed by atoms with Crippen LogP contribution in [0.3, 0.4) is 0 Å². The highest BCUT2D eigenvalue weighted by Crippen LogP contribution is 2.27. The number of ketones is 1. The SMILES string of the molecule is CCOC(=O)CNc1ccc(F)cc1C(=O)COc1nc(-c2ccccc2)cc(C)c1C#N. The van der Waals surface area contributed by atoms with Gasteiger partial charge >= 0.3 is 5.97 Å². The van der Waals surface area contributed by atoms with Crippen LogP contribution >= 0.6 is 0 Å². The maximum absolute atomic E-state index is 13.8. The van der Waals surface area contributed by atoms with Crippen LogP contribution in [0.25, 0.3) is 11.3 Å². The number of carbonyl (C=O) groups excluding carboxylic acids is 2. The zero-order valence-corrected chi connectivity index (χ0v) is 18.2. The Morgan fingerprint density at radius 1 is 1.15 bits per heavy atom. The summed E-state index contributed by atoms with van der Waals surface area (Å²) in [6, 6.07) is 16.8. The van der Waals surface area contributed by atoms with Crippen LogP contribution in [0, 0.1) is 24.1 Å². The van der Waals surface area contributed by atoms with Crippen LogP contribution in [0.1, 0.15) is 28.4 Å². The lowest BCUT2D eigenvalue weighted by molar-refractivity contribution is -0.140. The molecule has 168 valence electrons. The van der Waals surface area contributed by atoms with Crippen LogP contribution in [0.4, 0.5) is 10.1 Å². The molecule has 0 bridgehead atoms. The van der Waals surface area contributed by atoms with Crippen molar-refractivity contribution in [3.05, 3.63) is 77.1 Å². The fraction of sp³-hybridized carbons (Fsp3) is 0.200. The molecule has 3 aromatic rings. The van der Waals surface area contributed by atoms with Crippen LogP contribution in [0.15, 0.2) is 54.6 Å². The Morgan fingerprint density at radius 2 is 1.91 bits per heavy atom. The summed E-state index contributed by atoms with van der Waals surface area (Å²) in [4.78, 5) is 28.9. The number of esters is 1. The number of hydrogen-bond donors (Lipinski definition) is 1. The van der Waals surface area contributed by atoms with Gasteiger partial charge in [-0.3, -0.25) is 9.59 Å². The molecule has 2 aromatic carbocycles. The fourth-order valence-electron chi connectivity index (χ4n) is 3.13. The van der Waals surface area contributed by atoms with Crippen LogP contribution in [-0.4, -0.2) is 36.5 Å². The monoisotopic (exact) mass is 447 g/mol. The van der Waals surface area contributed by atoms with E-state index in [1.807, 2.05) is 36.4 Å². The minimum Gasteiger partial charge on any atom is -0.468 e. The summed E-state index contributed by atoms with van der Waals surface area (Å²) in [5, 5.41) is 12.3. The first-order chi connectivity index (χ1) is 15.9. The van der Waals surface area contributed by atoms with Gasteiger partial charge in [0.1, 0.15) is 24.0 Å². The minimum absolute atomic E-state index is 0.00809. The molecule has 0 amide bonds. The lowest BCUT2D eigenvalue weighted by Gasteiger charge is -2.13. The van der Waals surface area contributed by atoms with Gasteiger partial charge in [0.05, 0.1) is 12.3 Å². The van der Waals surface area contributed by atoms with Crippen LogP contribution in [-0.2, 0) is 9.53 Å². The summed E-state index contributed by atoms with van der Waals surface area (Å²) >= 11 is 0. The molecule has 1 aromatic heterocycles. The summed E-state index contributed by atoms with van der Waals surface area (Å²) in [6.45, 7) is 3.00. The molecule has 0 radical (unpaired) electrons. The number of hydrogen-bond acceptors (Lipinski definition) is 7. The Morgan fingerprint density at radius 3 is 2.61 bits per heavy atom. The minimum atomic E-state index is -0.613. The summed E-state index contributed by atoms with van der Waals surface area (Å²) in [5.41, 5.74) is 2.56. The second-order valence-corrected chi connectivity index (χ2v) is 7.04. The predicted octanol–water partition coefficient (Wildman–Crippen LogP) is 4.30. The van der Waals surface area contributed by atoms with Gasteiger partial charge < -0.3 is 14.8 Å². The first-order valence-electron chi connectivity index (χ1n) is 10.2. The molecule has 0 atom stereocenters. The molecule has 0 aliphatic heterocycles. The Kier molecular flexibility index (Phi) is 7.71. The van der Waals surface area contributed by atoms with Gasteiger partial charge in [-0.15, -0.1) is 0 Å². The number of anilines is 1. The van der Waals surface area contributed by atoms with E-state index in [0.29, 0.717) is 11.3 Å². The Hall–Kier alpha value is -4.25. The third kappa shape index (κ3) is 5.92. The Bertz CT molecular complexity index is 1210. The molecular weight excluding hydrogens is 425 g/mol. The number of rotatable bonds is 9.